The van der Waals surface area contributed by atoms with E-state index in [1.807, 2.05) is 4.90 Å². The van der Waals surface area contributed by atoms with Crippen molar-refractivity contribution in [2.45, 2.75) is 6.04 Å². The van der Waals surface area contributed by atoms with Gasteiger partial charge < -0.3 is 10.4 Å². The van der Waals surface area contributed by atoms with E-state index in [2.05, 4.69) is 5.32 Å². The molecule has 100 valence electrons. The van der Waals surface area contributed by atoms with E-state index in [1.165, 1.54) is 6.07 Å². The van der Waals surface area contributed by atoms with Crippen molar-refractivity contribution in [1.29, 1.82) is 0 Å². The second-order valence-corrected chi connectivity index (χ2v) is 4.65. The van der Waals surface area contributed by atoms with Crippen LogP contribution in [0.4, 0.5) is 8.78 Å². The van der Waals surface area contributed by atoms with Crippen LogP contribution < -0.4 is 5.32 Å². The minimum Gasteiger partial charge on any atom is -0.505 e. The summed E-state index contributed by atoms with van der Waals surface area (Å²) in [6.45, 7) is 2.05. The van der Waals surface area contributed by atoms with Gasteiger partial charge in [-0.2, -0.15) is 0 Å². The van der Waals surface area contributed by atoms with Crippen molar-refractivity contribution in [3.8, 4) is 5.75 Å². The van der Waals surface area contributed by atoms with Crippen molar-refractivity contribution in [2.75, 3.05) is 32.9 Å². The minimum atomic E-state index is -0.775. The Morgan fingerprint density at radius 1 is 1.39 bits per heavy atom. The van der Waals surface area contributed by atoms with Crippen molar-refractivity contribution < 1.29 is 13.9 Å². The number of nitrogens with zero attached hydrogens (tertiary/aromatic N) is 1. The molecule has 0 saturated carbocycles. The van der Waals surface area contributed by atoms with Gasteiger partial charge in [0, 0.05) is 36.8 Å². The van der Waals surface area contributed by atoms with Crippen LogP contribution in [0.5, 0.6) is 5.75 Å². The van der Waals surface area contributed by atoms with Gasteiger partial charge >= 0.3 is 0 Å². The molecule has 0 aliphatic carbocycles. The first-order chi connectivity index (χ1) is 8.65. The van der Waals surface area contributed by atoms with Gasteiger partial charge in [0.15, 0.2) is 11.6 Å². The Kier molecular flexibility index (Phi) is 4.37. The molecule has 18 heavy (non-hydrogen) atoms. The summed E-state index contributed by atoms with van der Waals surface area (Å²) in [5.74, 6) is -1.33. The van der Waals surface area contributed by atoms with Crippen LogP contribution >= 0.6 is 11.6 Å². The molecule has 1 aliphatic heterocycles. The molecule has 1 aromatic rings. The van der Waals surface area contributed by atoms with Crippen LogP contribution in [0, 0.1) is 5.82 Å². The first-order valence-corrected chi connectivity index (χ1v) is 6.20. The number of rotatable bonds is 3. The lowest BCUT2D eigenvalue weighted by Crippen LogP contribution is -2.45. The van der Waals surface area contributed by atoms with Crippen LogP contribution in [0.15, 0.2) is 12.1 Å². The van der Waals surface area contributed by atoms with E-state index >= 15 is 0 Å². The van der Waals surface area contributed by atoms with Gasteiger partial charge in [-0.15, -0.1) is 0 Å². The van der Waals surface area contributed by atoms with E-state index in [0.29, 0.717) is 13.1 Å². The van der Waals surface area contributed by atoms with Crippen molar-refractivity contribution in [3.05, 3.63) is 28.5 Å². The summed E-state index contributed by atoms with van der Waals surface area (Å²) < 4.78 is 26.6. The van der Waals surface area contributed by atoms with Gasteiger partial charge in [0.05, 0.1) is 6.04 Å². The van der Waals surface area contributed by atoms with Gasteiger partial charge in [-0.3, -0.25) is 4.90 Å². The highest BCUT2D eigenvalue weighted by atomic mass is 35.5. The second-order valence-electron chi connectivity index (χ2n) is 4.25. The molecule has 0 aromatic heterocycles. The Morgan fingerprint density at radius 2 is 2.06 bits per heavy atom. The Morgan fingerprint density at radius 3 is 2.67 bits per heavy atom. The molecule has 1 aromatic carbocycles. The average Bonchev–Trinajstić information content (AvgIpc) is 2.40. The van der Waals surface area contributed by atoms with Crippen molar-refractivity contribution in [2.24, 2.45) is 0 Å². The van der Waals surface area contributed by atoms with E-state index in [9.17, 15) is 13.9 Å². The SMILES string of the molecule is Oc1c(F)ccc(Cl)c1[C@@H](CF)N1CCNCC1. The number of piperazine rings is 1. The van der Waals surface area contributed by atoms with Crippen molar-refractivity contribution in [1.82, 2.24) is 10.2 Å². The number of hydrogen-bond donors (Lipinski definition) is 2. The van der Waals surface area contributed by atoms with E-state index < -0.39 is 24.3 Å². The quantitative estimate of drug-likeness (QED) is 0.887. The third kappa shape index (κ3) is 2.58. The topological polar surface area (TPSA) is 35.5 Å². The van der Waals surface area contributed by atoms with Gasteiger partial charge in [-0.25, -0.2) is 8.78 Å². The van der Waals surface area contributed by atoms with Gasteiger partial charge in [-0.05, 0) is 12.1 Å². The predicted octanol–water partition coefficient (Wildman–Crippen LogP) is 2.10. The molecule has 0 radical (unpaired) electrons. The zero-order valence-electron chi connectivity index (χ0n) is 9.80. The second kappa shape index (κ2) is 5.82. The molecule has 1 fully saturated rings. The lowest BCUT2D eigenvalue weighted by atomic mass is 10.0. The number of nitrogens with one attached hydrogen (secondary N) is 1. The van der Waals surface area contributed by atoms with E-state index in [1.54, 1.807) is 0 Å². The van der Waals surface area contributed by atoms with Crippen molar-refractivity contribution in [3.63, 3.8) is 0 Å². The molecular weight excluding hydrogens is 262 g/mol. The fraction of sp³-hybridized carbons (Fsp3) is 0.500. The van der Waals surface area contributed by atoms with E-state index in [-0.39, 0.29) is 10.6 Å². The summed E-state index contributed by atoms with van der Waals surface area (Å²) in [5, 5.41) is 13.1. The van der Waals surface area contributed by atoms with Gasteiger partial charge in [0.2, 0.25) is 0 Å². The molecule has 1 saturated heterocycles. The summed E-state index contributed by atoms with van der Waals surface area (Å²) in [6, 6.07) is 1.72. The van der Waals surface area contributed by atoms with E-state index in [4.69, 9.17) is 11.6 Å². The molecule has 1 atom stereocenters. The summed E-state index contributed by atoms with van der Waals surface area (Å²) in [4.78, 5) is 1.86. The predicted molar refractivity (Wildman–Crippen MR) is 66.2 cm³/mol. The van der Waals surface area contributed by atoms with Crippen LogP contribution in [-0.4, -0.2) is 42.9 Å². The molecule has 2 rings (SSSR count). The van der Waals surface area contributed by atoms with Crippen LogP contribution in [0.2, 0.25) is 5.02 Å². The average molecular weight is 277 g/mol. The number of alkyl halides is 1. The smallest absolute Gasteiger partial charge is 0.165 e. The van der Waals surface area contributed by atoms with Crippen LogP contribution in [0.25, 0.3) is 0 Å². The summed E-state index contributed by atoms with van der Waals surface area (Å²) >= 11 is 5.96. The number of aromatic hydroxyl groups is 1. The maximum Gasteiger partial charge on any atom is 0.165 e. The van der Waals surface area contributed by atoms with Crippen LogP contribution in [0.1, 0.15) is 11.6 Å². The van der Waals surface area contributed by atoms with Crippen molar-refractivity contribution >= 4 is 11.6 Å². The highest BCUT2D eigenvalue weighted by molar-refractivity contribution is 6.31. The zero-order valence-corrected chi connectivity index (χ0v) is 10.6. The molecule has 1 heterocycles. The molecule has 0 bridgehead atoms. The van der Waals surface area contributed by atoms with Gasteiger partial charge in [-0.1, -0.05) is 11.6 Å². The van der Waals surface area contributed by atoms with Gasteiger partial charge in [0.25, 0.3) is 0 Å². The Hall–Kier alpha value is -0.910. The zero-order chi connectivity index (χ0) is 13.1. The molecule has 3 nitrogen and oxygen atoms in total. The van der Waals surface area contributed by atoms with Crippen LogP contribution in [0.3, 0.4) is 0 Å². The maximum atomic E-state index is 13.4. The van der Waals surface area contributed by atoms with Gasteiger partial charge in [0.1, 0.15) is 6.67 Å². The molecular formula is C12H15ClF2N2O. The maximum absolute atomic E-state index is 13.4. The molecule has 1 aliphatic rings. The molecule has 0 spiro atoms. The standard InChI is InChI=1S/C12H15ClF2N2O/c13-8-1-2-9(15)12(18)11(8)10(7-14)17-5-3-16-4-6-17/h1-2,10,16,18H,3-7H2/t10-/m1/s1. The number of phenolic OH excluding ortho intramolecular Hbond substituents is 1. The molecule has 2 N–H and O–H groups in total. The fourth-order valence-electron chi connectivity index (χ4n) is 2.22. The molecule has 6 heteroatoms. The Labute approximate surface area is 109 Å². The first-order valence-electron chi connectivity index (χ1n) is 5.82. The Balaban J connectivity index is 2.34. The summed E-state index contributed by atoms with van der Waals surface area (Å²) in [5.41, 5.74) is 0.140. The summed E-state index contributed by atoms with van der Waals surface area (Å²) in [7, 11) is 0. The lowest BCUT2D eigenvalue weighted by Gasteiger charge is -2.34. The normalized spacial score (nSPS) is 18.8. The fourth-order valence-corrected chi connectivity index (χ4v) is 2.50. The monoisotopic (exact) mass is 276 g/mol. The largest absolute Gasteiger partial charge is 0.505 e. The lowest BCUT2D eigenvalue weighted by molar-refractivity contribution is 0.144. The summed E-state index contributed by atoms with van der Waals surface area (Å²) in [6.07, 6.45) is 0. The number of hydrogen-bond acceptors (Lipinski definition) is 3. The Bertz CT molecular complexity index is 425. The molecule has 0 amide bonds. The highest BCUT2D eigenvalue weighted by Crippen LogP contribution is 2.36. The minimum absolute atomic E-state index is 0.140. The third-order valence-electron chi connectivity index (χ3n) is 3.19. The number of halogens is 3. The number of phenols is 1. The third-order valence-corrected chi connectivity index (χ3v) is 3.52. The molecule has 0 unspecified atom stereocenters. The first kappa shape index (κ1) is 13.5. The number of benzene rings is 1. The van der Waals surface area contributed by atoms with E-state index in [0.717, 1.165) is 19.2 Å². The highest BCUT2D eigenvalue weighted by Gasteiger charge is 2.27. The van der Waals surface area contributed by atoms with Crippen LogP contribution in [-0.2, 0) is 0 Å².